The van der Waals surface area contributed by atoms with Gasteiger partial charge >= 0.3 is 5.97 Å². The monoisotopic (exact) mass is 269 g/mol. The molecule has 18 heavy (non-hydrogen) atoms. The molecule has 4 heteroatoms. The zero-order valence-corrected chi connectivity index (χ0v) is 11.9. The van der Waals surface area contributed by atoms with Gasteiger partial charge in [0.05, 0.1) is 6.61 Å². The Hall–Kier alpha value is -1.22. The van der Waals surface area contributed by atoms with Gasteiger partial charge in [-0.2, -0.15) is 0 Å². The maximum atomic E-state index is 12.1. The van der Waals surface area contributed by atoms with Crippen molar-refractivity contribution in [2.75, 3.05) is 11.9 Å². The second kappa shape index (κ2) is 6.64. The number of halogens is 1. The molecule has 0 atom stereocenters. The summed E-state index contributed by atoms with van der Waals surface area (Å²) >= 11 is 5.84. The van der Waals surface area contributed by atoms with Crippen molar-refractivity contribution in [2.24, 2.45) is 0 Å². The summed E-state index contributed by atoms with van der Waals surface area (Å²) in [5.41, 5.74) is 0.209. The van der Waals surface area contributed by atoms with E-state index < -0.39 is 5.54 Å². The highest BCUT2D eigenvalue weighted by Crippen LogP contribution is 2.25. The first-order valence-electron chi connectivity index (χ1n) is 6.29. The van der Waals surface area contributed by atoms with Gasteiger partial charge in [0.15, 0.2) is 0 Å². The molecular formula is C14H20ClNO2. The van der Waals surface area contributed by atoms with E-state index in [9.17, 15) is 4.79 Å². The second-order valence-corrected chi connectivity index (χ2v) is 4.58. The van der Waals surface area contributed by atoms with Crippen LogP contribution in [0, 0.1) is 0 Å². The summed E-state index contributed by atoms with van der Waals surface area (Å²) in [4.78, 5) is 12.1. The van der Waals surface area contributed by atoms with Gasteiger partial charge < -0.3 is 10.1 Å². The number of esters is 1. The molecule has 1 rings (SSSR count). The fourth-order valence-electron chi connectivity index (χ4n) is 1.85. The first-order chi connectivity index (χ1) is 8.57. The third-order valence-corrected chi connectivity index (χ3v) is 3.35. The Morgan fingerprint density at radius 1 is 1.22 bits per heavy atom. The first kappa shape index (κ1) is 14.8. The summed E-state index contributed by atoms with van der Waals surface area (Å²) in [5, 5.41) is 3.95. The van der Waals surface area contributed by atoms with Crippen LogP contribution in [-0.2, 0) is 9.53 Å². The average molecular weight is 270 g/mol. The van der Waals surface area contributed by atoms with Crippen molar-refractivity contribution in [3.05, 3.63) is 29.3 Å². The lowest BCUT2D eigenvalue weighted by molar-refractivity contribution is -0.148. The Balaban J connectivity index is 2.91. The molecule has 1 N–H and O–H groups in total. The predicted molar refractivity (Wildman–Crippen MR) is 75.0 cm³/mol. The van der Waals surface area contributed by atoms with Crippen LogP contribution in [-0.4, -0.2) is 18.1 Å². The van der Waals surface area contributed by atoms with E-state index in [1.807, 2.05) is 32.9 Å². The first-order valence-corrected chi connectivity index (χ1v) is 6.66. The van der Waals surface area contributed by atoms with E-state index in [-0.39, 0.29) is 5.97 Å². The minimum Gasteiger partial charge on any atom is -0.464 e. The maximum absolute atomic E-state index is 12.1. The van der Waals surface area contributed by atoms with Crippen LogP contribution in [0.2, 0.25) is 5.02 Å². The number of hydrogen-bond donors (Lipinski definition) is 1. The molecule has 0 aliphatic heterocycles. The van der Waals surface area contributed by atoms with E-state index in [4.69, 9.17) is 16.3 Å². The summed E-state index contributed by atoms with van der Waals surface area (Å²) in [6.45, 7) is 6.16. The van der Waals surface area contributed by atoms with Crippen LogP contribution in [0.15, 0.2) is 24.3 Å². The van der Waals surface area contributed by atoms with E-state index >= 15 is 0 Å². The molecule has 0 saturated heterocycles. The number of benzene rings is 1. The van der Waals surface area contributed by atoms with Crippen LogP contribution >= 0.6 is 11.6 Å². The molecule has 1 aromatic carbocycles. The zero-order valence-electron chi connectivity index (χ0n) is 11.1. The van der Waals surface area contributed by atoms with Crippen LogP contribution < -0.4 is 5.32 Å². The Morgan fingerprint density at radius 3 is 2.22 bits per heavy atom. The van der Waals surface area contributed by atoms with Gasteiger partial charge in [-0.05, 0) is 44.0 Å². The summed E-state index contributed by atoms with van der Waals surface area (Å²) in [6.07, 6.45) is 1.34. The molecule has 0 aromatic heterocycles. The van der Waals surface area contributed by atoms with Crippen molar-refractivity contribution < 1.29 is 9.53 Å². The minimum absolute atomic E-state index is 0.204. The van der Waals surface area contributed by atoms with Gasteiger partial charge in [-0.3, -0.25) is 0 Å². The van der Waals surface area contributed by atoms with E-state index in [2.05, 4.69) is 5.32 Å². The van der Waals surface area contributed by atoms with Gasteiger partial charge in [-0.1, -0.05) is 25.4 Å². The summed E-state index contributed by atoms with van der Waals surface area (Å²) < 4.78 is 5.16. The standard InChI is InChI=1S/C14H20ClNO2/c1-4-14(5-2,13(17)18-6-3)16-12-9-7-11(15)8-10-12/h7-10,16H,4-6H2,1-3H3. The number of carbonyl (C=O) groups excluding carboxylic acids is 1. The number of carbonyl (C=O) groups is 1. The Bertz CT molecular complexity index is 385. The quantitative estimate of drug-likeness (QED) is 0.797. The number of anilines is 1. The molecule has 0 saturated carbocycles. The third kappa shape index (κ3) is 3.39. The van der Waals surface area contributed by atoms with Crippen molar-refractivity contribution >= 4 is 23.3 Å². The molecule has 0 spiro atoms. The Morgan fingerprint density at radius 2 is 1.78 bits per heavy atom. The fourth-order valence-corrected chi connectivity index (χ4v) is 1.97. The summed E-state index contributed by atoms with van der Waals surface area (Å²) in [5.74, 6) is -0.204. The molecule has 1 aromatic rings. The van der Waals surface area contributed by atoms with Crippen LogP contribution in [0.25, 0.3) is 0 Å². The van der Waals surface area contributed by atoms with E-state index in [1.54, 1.807) is 12.1 Å². The highest BCUT2D eigenvalue weighted by atomic mass is 35.5. The SMILES string of the molecule is CCOC(=O)C(CC)(CC)Nc1ccc(Cl)cc1. The number of hydrogen-bond acceptors (Lipinski definition) is 3. The van der Waals surface area contributed by atoms with Crippen LogP contribution in [0.3, 0.4) is 0 Å². The topological polar surface area (TPSA) is 38.3 Å². The number of rotatable bonds is 6. The molecule has 3 nitrogen and oxygen atoms in total. The molecule has 0 aliphatic rings. The number of ether oxygens (including phenoxy) is 1. The highest BCUT2D eigenvalue weighted by molar-refractivity contribution is 6.30. The van der Waals surface area contributed by atoms with Crippen LogP contribution in [0.4, 0.5) is 5.69 Å². The molecule has 0 aliphatic carbocycles. The van der Waals surface area contributed by atoms with E-state index in [1.165, 1.54) is 0 Å². The van der Waals surface area contributed by atoms with E-state index in [0.717, 1.165) is 5.69 Å². The van der Waals surface area contributed by atoms with Crippen LogP contribution in [0.1, 0.15) is 33.6 Å². The van der Waals surface area contributed by atoms with Gasteiger partial charge in [-0.15, -0.1) is 0 Å². The average Bonchev–Trinajstić information content (AvgIpc) is 2.38. The smallest absolute Gasteiger partial charge is 0.331 e. The third-order valence-electron chi connectivity index (χ3n) is 3.10. The molecule has 0 unspecified atom stereocenters. The Labute approximate surface area is 113 Å². The van der Waals surface area contributed by atoms with Crippen LogP contribution in [0.5, 0.6) is 0 Å². The normalized spacial score (nSPS) is 11.1. The molecule has 0 bridgehead atoms. The molecule has 0 radical (unpaired) electrons. The lowest BCUT2D eigenvalue weighted by atomic mass is 9.92. The van der Waals surface area contributed by atoms with Gasteiger partial charge in [0.2, 0.25) is 0 Å². The van der Waals surface area contributed by atoms with Crippen molar-refractivity contribution in [3.8, 4) is 0 Å². The van der Waals surface area contributed by atoms with Gasteiger partial charge in [0, 0.05) is 10.7 Å². The fraction of sp³-hybridized carbons (Fsp3) is 0.500. The summed E-state index contributed by atoms with van der Waals surface area (Å²) in [6, 6.07) is 7.32. The van der Waals surface area contributed by atoms with E-state index in [0.29, 0.717) is 24.5 Å². The molecule has 100 valence electrons. The molecule has 0 fully saturated rings. The number of nitrogens with one attached hydrogen (secondary N) is 1. The van der Waals surface area contributed by atoms with Gasteiger partial charge in [0.25, 0.3) is 0 Å². The van der Waals surface area contributed by atoms with Crippen molar-refractivity contribution in [2.45, 2.75) is 39.2 Å². The van der Waals surface area contributed by atoms with Crippen molar-refractivity contribution in [1.29, 1.82) is 0 Å². The summed E-state index contributed by atoms with van der Waals surface area (Å²) in [7, 11) is 0. The largest absolute Gasteiger partial charge is 0.464 e. The lowest BCUT2D eigenvalue weighted by Gasteiger charge is -2.31. The molecular weight excluding hydrogens is 250 g/mol. The maximum Gasteiger partial charge on any atom is 0.331 e. The minimum atomic E-state index is -0.663. The zero-order chi connectivity index (χ0) is 13.6. The second-order valence-electron chi connectivity index (χ2n) is 4.14. The van der Waals surface area contributed by atoms with Gasteiger partial charge in [0.1, 0.15) is 5.54 Å². The molecule has 0 heterocycles. The van der Waals surface area contributed by atoms with Crippen molar-refractivity contribution in [3.63, 3.8) is 0 Å². The van der Waals surface area contributed by atoms with Crippen molar-refractivity contribution in [1.82, 2.24) is 0 Å². The highest BCUT2D eigenvalue weighted by Gasteiger charge is 2.36. The Kier molecular flexibility index (Phi) is 5.48. The molecule has 0 amide bonds. The van der Waals surface area contributed by atoms with Gasteiger partial charge in [-0.25, -0.2) is 4.79 Å². The predicted octanol–water partition coefficient (Wildman–Crippen LogP) is 3.87. The lowest BCUT2D eigenvalue weighted by Crippen LogP contribution is -2.46.